The molecule has 4 rings (SSSR count). The molecule has 0 bridgehead atoms. The number of pyridine rings is 2. The average Bonchev–Trinajstić information content (AvgIpc) is 3.28. The molecule has 1 aromatic carbocycles. The molecule has 1 amide bonds. The summed E-state index contributed by atoms with van der Waals surface area (Å²) in [5.41, 5.74) is 13.5. The largest absolute Gasteiger partial charge is 0.480 e. The van der Waals surface area contributed by atoms with Crippen LogP contribution in [0.3, 0.4) is 0 Å². The highest BCUT2D eigenvalue weighted by molar-refractivity contribution is 5.97. The number of carbonyl (C=O) groups excluding carboxylic acids is 1. The number of primary amides is 1. The van der Waals surface area contributed by atoms with Crippen LogP contribution in [-0.4, -0.2) is 30.9 Å². The Hall–Kier alpha value is -4.18. The van der Waals surface area contributed by atoms with Gasteiger partial charge >= 0.3 is 0 Å². The Kier molecular flexibility index (Phi) is 4.90. The molecule has 5 N–H and O–H groups in total. The zero-order valence-electron chi connectivity index (χ0n) is 15.9. The molecular formula is C20H18N6O4. The molecule has 0 saturated carbocycles. The van der Waals surface area contributed by atoms with Crippen molar-refractivity contribution in [2.45, 2.75) is 13.0 Å². The van der Waals surface area contributed by atoms with Crippen molar-refractivity contribution in [2.24, 2.45) is 5.73 Å². The van der Waals surface area contributed by atoms with Gasteiger partial charge in [0.05, 0.1) is 11.2 Å². The smallest absolute Gasteiger partial charge is 0.256 e. The van der Waals surface area contributed by atoms with Crippen LogP contribution in [0, 0.1) is 0 Å². The normalized spacial score (nSPS) is 11.9. The van der Waals surface area contributed by atoms with Crippen molar-refractivity contribution in [1.29, 1.82) is 0 Å². The first kappa shape index (κ1) is 19.2. The fraction of sp³-hybridized carbons (Fsp3) is 0.100. The maximum absolute atomic E-state index is 11.5. The first-order valence-electron chi connectivity index (χ1n) is 8.95. The molecule has 10 heteroatoms. The van der Waals surface area contributed by atoms with Gasteiger partial charge in [-0.05, 0) is 43.3 Å². The summed E-state index contributed by atoms with van der Waals surface area (Å²) in [6.07, 6.45) is 2.78. The van der Waals surface area contributed by atoms with Gasteiger partial charge in [0.25, 0.3) is 5.88 Å². The van der Waals surface area contributed by atoms with E-state index in [0.29, 0.717) is 33.6 Å². The van der Waals surface area contributed by atoms with Crippen LogP contribution in [0.2, 0.25) is 0 Å². The first-order valence-corrected chi connectivity index (χ1v) is 8.95. The quantitative estimate of drug-likeness (QED) is 0.326. The van der Waals surface area contributed by atoms with Crippen molar-refractivity contribution in [1.82, 2.24) is 19.7 Å². The van der Waals surface area contributed by atoms with Crippen LogP contribution in [0.5, 0.6) is 11.6 Å². The monoisotopic (exact) mass is 406 g/mol. The topological polar surface area (TPSA) is 151 Å². The second kappa shape index (κ2) is 7.68. The molecule has 3 heterocycles. The Bertz CT molecular complexity index is 1230. The van der Waals surface area contributed by atoms with Gasteiger partial charge in [0, 0.05) is 29.4 Å². The maximum Gasteiger partial charge on any atom is 0.256 e. The molecule has 4 aromatic rings. The second-order valence-electron chi connectivity index (χ2n) is 6.50. The van der Waals surface area contributed by atoms with E-state index in [4.69, 9.17) is 21.5 Å². The summed E-state index contributed by atoms with van der Waals surface area (Å²) in [6.45, 7) is 1.76. The molecule has 0 radical (unpaired) electrons. The Morgan fingerprint density at radius 1 is 1.20 bits per heavy atom. The summed E-state index contributed by atoms with van der Waals surface area (Å²) in [5.74, 6) is -0.0537. The van der Waals surface area contributed by atoms with Crippen molar-refractivity contribution in [3.05, 3.63) is 66.1 Å². The van der Waals surface area contributed by atoms with E-state index in [1.54, 1.807) is 60.4 Å². The van der Waals surface area contributed by atoms with Gasteiger partial charge < -0.3 is 21.1 Å². The van der Waals surface area contributed by atoms with E-state index in [9.17, 15) is 4.79 Å². The number of anilines is 1. The Balaban J connectivity index is 1.73. The van der Waals surface area contributed by atoms with Gasteiger partial charge in [-0.3, -0.25) is 4.79 Å². The van der Waals surface area contributed by atoms with Gasteiger partial charge in [0.1, 0.15) is 11.8 Å². The Morgan fingerprint density at radius 2 is 2.03 bits per heavy atom. The van der Waals surface area contributed by atoms with Crippen molar-refractivity contribution < 1.29 is 19.7 Å². The molecule has 10 nitrogen and oxygen atoms in total. The van der Waals surface area contributed by atoms with Gasteiger partial charge in [-0.2, -0.15) is 5.10 Å². The minimum Gasteiger partial charge on any atom is -0.480 e. The number of nitrogens with two attached hydrogens (primary N) is 2. The summed E-state index contributed by atoms with van der Waals surface area (Å²) < 4.78 is 7.65. The van der Waals surface area contributed by atoms with E-state index in [-0.39, 0.29) is 11.7 Å². The predicted molar refractivity (Wildman–Crippen MR) is 108 cm³/mol. The number of fused-ring (bicyclic) bond motifs is 1. The zero-order chi connectivity index (χ0) is 21.3. The van der Waals surface area contributed by atoms with E-state index in [1.807, 2.05) is 0 Å². The van der Waals surface area contributed by atoms with Crippen LogP contribution in [-0.2, 0) is 0 Å². The summed E-state index contributed by atoms with van der Waals surface area (Å²) in [6, 6.07) is 11.5. The molecule has 0 aliphatic heterocycles. The highest BCUT2D eigenvalue weighted by atomic mass is 17.1. The number of rotatable bonds is 6. The van der Waals surface area contributed by atoms with Crippen molar-refractivity contribution in [2.75, 3.05) is 5.73 Å². The summed E-state index contributed by atoms with van der Waals surface area (Å²) in [5, 5.41) is 13.9. The summed E-state index contributed by atoms with van der Waals surface area (Å²) >= 11 is 0. The number of nitrogen functional groups attached to an aromatic ring is 1. The molecule has 3 aromatic heterocycles. The molecular weight excluding hydrogens is 388 g/mol. The minimum absolute atomic E-state index is 0.00654. The maximum atomic E-state index is 11.5. The van der Waals surface area contributed by atoms with E-state index in [1.165, 1.54) is 6.07 Å². The lowest BCUT2D eigenvalue weighted by atomic mass is 10.1. The lowest BCUT2D eigenvalue weighted by Crippen LogP contribution is -2.13. The van der Waals surface area contributed by atoms with E-state index in [0.717, 1.165) is 0 Å². The van der Waals surface area contributed by atoms with Crippen LogP contribution in [0.15, 0.2) is 54.9 Å². The molecule has 30 heavy (non-hydrogen) atoms. The van der Waals surface area contributed by atoms with Crippen LogP contribution in [0.4, 0.5) is 5.82 Å². The molecule has 0 aliphatic rings. The standard InChI is InChI=1S/C20H18N6O4/c1-11(18-15(26-8-2-7-23-26)5-6-17(25-18)30-28)29-16-10-13-9-12(20(22)27)3-4-14(13)24-19(16)21/h2-11,28H,1H3,(H2,21,24)(H2,22,27)/t11-/m0/s1. The molecule has 152 valence electrons. The lowest BCUT2D eigenvalue weighted by molar-refractivity contribution is -0.141. The van der Waals surface area contributed by atoms with E-state index < -0.39 is 12.0 Å². The van der Waals surface area contributed by atoms with Gasteiger partial charge in [-0.15, -0.1) is 0 Å². The van der Waals surface area contributed by atoms with Crippen LogP contribution >= 0.6 is 0 Å². The summed E-state index contributed by atoms with van der Waals surface area (Å²) in [7, 11) is 0. The van der Waals surface area contributed by atoms with Crippen molar-refractivity contribution >= 4 is 22.6 Å². The lowest BCUT2D eigenvalue weighted by Gasteiger charge is -2.19. The highest BCUT2D eigenvalue weighted by Crippen LogP contribution is 2.31. The zero-order valence-corrected chi connectivity index (χ0v) is 15.9. The van der Waals surface area contributed by atoms with E-state index in [2.05, 4.69) is 20.0 Å². The number of ether oxygens (including phenoxy) is 1. The Morgan fingerprint density at radius 3 is 2.73 bits per heavy atom. The predicted octanol–water partition coefficient (Wildman–Crippen LogP) is 2.49. The number of hydrogen-bond donors (Lipinski definition) is 3. The minimum atomic E-state index is -0.611. The van der Waals surface area contributed by atoms with Crippen LogP contribution in [0.25, 0.3) is 16.6 Å². The molecule has 0 unspecified atom stereocenters. The Labute approximate surface area is 170 Å². The fourth-order valence-corrected chi connectivity index (χ4v) is 3.07. The van der Waals surface area contributed by atoms with Crippen LogP contribution < -0.4 is 21.1 Å². The van der Waals surface area contributed by atoms with Crippen molar-refractivity contribution in [3.63, 3.8) is 0 Å². The second-order valence-corrected chi connectivity index (χ2v) is 6.50. The highest BCUT2D eigenvalue weighted by Gasteiger charge is 2.19. The number of carbonyl (C=O) groups is 1. The van der Waals surface area contributed by atoms with Gasteiger partial charge in [0.15, 0.2) is 11.6 Å². The third-order valence-electron chi connectivity index (χ3n) is 4.50. The number of amides is 1. The molecule has 0 spiro atoms. The first-order chi connectivity index (χ1) is 14.5. The molecule has 0 saturated heterocycles. The van der Waals surface area contributed by atoms with E-state index >= 15 is 0 Å². The number of nitrogens with zero attached hydrogens (tertiary/aromatic N) is 4. The van der Waals surface area contributed by atoms with Gasteiger partial charge in [0.2, 0.25) is 5.91 Å². The van der Waals surface area contributed by atoms with Gasteiger partial charge in [-0.1, -0.05) is 0 Å². The number of aromatic nitrogens is 4. The average molecular weight is 406 g/mol. The van der Waals surface area contributed by atoms with Crippen LogP contribution in [0.1, 0.15) is 29.1 Å². The molecule has 0 aliphatic carbocycles. The number of benzene rings is 1. The fourth-order valence-electron chi connectivity index (χ4n) is 3.07. The third kappa shape index (κ3) is 3.59. The SMILES string of the molecule is C[C@H](Oc1cc2cc(C(N)=O)ccc2nc1N)c1nc(OO)ccc1-n1cccn1. The summed E-state index contributed by atoms with van der Waals surface area (Å²) in [4.78, 5) is 24.4. The molecule has 0 fully saturated rings. The van der Waals surface area contributed by atoms with Gasteiger partial charge in [-0.25, -0.2) is 19.9 Å². The molecule has 1 atom stereocenters. The number of hydrogen-bond acceptors (Lipinski definition) is 8. The van der Waals surface area contributed by atoms with Crippen molar-refractivity contribution in [3.8, 4) is 17.3 Å². The third-order valence-corrected chi connectivity index (χ3v) is 4.50.